The number of carbonyl (C=O) groups excluding carboxylic acids is 1. The van der Waals surface area contributed by atoms with Crippen LogP contribution in [0.1, 0.15) is 42.5 Å². The predicted molar refractivity (Wildman–Crippen MR) is 87.1 cm³/mol. The topological polar surface area (TPSA) is 66.5 Å². The van der Waals surface area contributed by atoms with Crippen LogP contribution in [0.25, 0.3) is 0 Å². The second-order valence-corrected chi connectivity index (χ2v) is 8.08. The van der Waals surface area contributed by atoms with Gasteiger partial charge in [0.2, 0.25) is 10.0 Å². The van der Waals surface area contributed by atoms with Gasteiger partial charge in [0.25, 0.3) is 5.91 Å². The van der Waals surface area contributed by atoms with Gasteiger partial charge in [0.1, 0.15) is 0 Å². The first-order valence-electron chi connectivity index (χ1n) is 8.10. The molecule has 25 heavy (non-hydrogen) atoms. The van der Waals surface area contributed by atoms with Crippen molar-refractivity contribution in [2.45, 2.75) is 38.1 Å². The van der Waals surface area contributed by atoms with Crippen LogP contribution in [0, 0.1) is 17.5 Å². The molecule has 2 rings (SSSR count). The highest BCUT2D eigenvalue weighted by Gasteiger charge is 2.28. The largest absolute Gasteiger partial charge is 0.351 e. The van der Waals surface area contributed by atoms with E-state index in [9.17, 15) is 26.4 Å². The fraction of sp³-hybridized carbons (Fsp3) is 0.562. The lowest BCUT2D eigenvalue weighted by molar-refractivity contribution is 0.0944. The van der Waals surface area contributed by atoms with Crippen LogP contribution in [0.5, 0.6) is 0 Å². The molecule has 1 aliphatic carbocycles. The quantitative estimate of drug-likeness (QED) is 0.773. The van der Waals surface area contributed by atoms with Crippen LogP contribution in [-0.4, -0.2) is 44.0 Å². The van der Waals surface area contributed by atoms with Crippen molar-refractivity contribution in [2.75, 3.05) is 19.3 Å². The van der Waals surface area contributed by atoms with Gasteiger partial charge >= 0.3 is 0 Å². The highest BCUT2D eigenvalue weighted by Crippen LogP contribution is 2.24. The van der Waals surface area contributed by atoms with Crippen molar-refractivity contribution in [2.24, 2.45) is 0 Å². The zero-order valence-corrected chi connectivity index (χ0v) is 14.7. The Hall–Kier alpha value is -1.61. The summed E-state index contributed by atoms with van der Waals surface area (Å²) in [5, 5.41) is 2.35. The Morgan fingerprint density at radius 2 is 1.80 bits per heavy atom. The number of rotatable bonds is 6. The molecule has 1 aromatic rings. The van der Waals surface area contributed by atoms with E-state index in [0.717, 1.165) is 44.4 Å². The smallest absolute Gasteiger partial charge is 0.254 e. The van der Waals surface area contributed by atoms with Crippen molar-refractivity contribution in [1.82, 2.24) is 9.62 Å². The molecule has 140 valence electrons. The molecule has 1 aromatic carbocycles. The van der Waals surface area contributed by atoms with Crippen molar-refractivity contribution in [1.29, 1.82) is 0 Å². The molecule has 0 bridgehead atoms. The summed E-state index contributed by atoms with van der Waals surface area (Å²) in [5.74, 6) is -5.58. The van der Waals surface area contributed by atoms with E-state index in [1.165, 1.54) is 4.31 Å². The molecule has 0 aromatic heterocycles. The molecule has 0 unspecified atom stereocenters. The molecule has 9 heteroatoms. The summed E-state index contributed by atoms with van der Waals surface area (Å²) >= 11 is 0. The van der Waals surface area contributed by atoms with Gasteiger partial charge in [-0.05, 0) is 25.0 Å². The molecule has 1 amide bonds. The Bertz CT molecular complexity index is 734. The number of benzene rings is 1. The highest BCUT2D eigenvalue weighted by molar-refractivity contribution is 7.88. The SMILES string of the molecule is CS(=O)(=O)N(CCNC(=O)c1ccc(F)c(F)c1F)C1CCCCC1. The van der Waals surface area contributed by atoms with Crippen molar-refractivity contribution >= 4 is 15.9 Å². The Morgan fingerprint density at radius 1 is 1.16 bits per heavy atom. The minimum absolute atomic E-state index is 0.0422. The summed E-state index contributed by atoms with van der Waals surface area (Å²) in [6, 6.07) is 1.40. The van der Waals surface area contributed by atoms with Gasteiger partial charge in [-0.15, -0.1) is 0 Å². The average Bonchev–Trinajstić information content (AvgIpc) is 2.56. The van der Waals surface area contributed by atoms with Crippen LogP contribution in [-0.2, 0) is 10.0 Å². The summed E-state index contributed by atoms with van der Waals surface area (Å²) in [7, 11) is -3.45. The van der Waals surface area contributed by atoms with E-state index in [1.807, 2.05) is 0 Å². The molecule has 0 saturated heterocycles. The number of nitrogens with one attached hydrogen (secondary N) is 1. The Labute approximate surface area is 145 Å². The minimum atomic E-state index is -3.45. The van der Waals surface area contributed by atoms with Gasteiger partial charge < -0.3 is 5.32 Å². The first kappa shape index (κ1) is 19.7. The van der Waals surface area contributed by atoms with E-state index < -0.39 is 38.9 Å². The molecule has 0 atom stereocenters. The molecule has 1 aliphatic rings. The molecular formula is C16H21F3N2O3S. The van der Waals surface area contributed by atoms with Crippen LogP contribution in [0.2, 0.25) is 0 Å². The van der Waals surface area contributed by atoms with Crippen LogP contribution in [0.15, 0.2) is 12.1 Å². The van der Waals surface area contributed by atoms with Crippen molar-refractivity contribution in [3.8, 4) is 0 Å². The molecule has 5 nitrogen and oxygen atoms in total. The van der Waals surface area contributed by atoms with Gasteiger partial charge in [-0.1, -0.05) is 19.3 Å². The molecule has 1 N–H and O–H groups in total. The minimum Gasteiger partial charge on any atom is -0.351 e. The van der Waals surface area contributed by atoms with E-state index in [0.29, 0.717) is 6.07 Å². The number of hydrogen-bond acceptors (Lipinski definition) is 3. The zero-order valence-electron chi connectivity index (χ0n) is 13.9. The summed E-state index contributed by atoms with van der Waals surface area (Å²) in [6.07, 6.45) is 5.60. The number of amides is 1. The normalized spacial score (nSPS) is 16.2. The van der Waals surface area contributed by atoms with Crippen LogP contribution in [0.4, 0.5) is 13.2 Å². The van der Waals surface area contributed by atoms with Crippen molar-refractivity contribution in [3.05, 3.63) is 35.1 Å². The molecular weight excluding hydrogens is 357 g/mol. The van der Waals surface area contributed by atoms with E-state index in [4.69, 9.17) is 0 Å². The third-order valence-corrected chi connectivity index (χ3v) is 5.64. The summed E-state index contributed by atoms with van der Waals surface area (Å²) < 4.78 is 65.0. The number of carbonyl (C=O) groups is 1. The summed E-state index contributed by atoms with van der Waals surface area (Å²) in [6.45, 7) is -0.0125. The van der Waals surface area contributed by atoms with Gasteiger partial charge in [0.05, 0.1) is 11.8 Å². The maximum Gasteiger partial charge on any atom is 0.254 e. The Balaban J connectivity index is 1.99. The lowest BCUT2D eigenvalue weighted by Crippen LogP contribution is -2.45. The van der Waals surface area contributed by atoms with E-state index >= 15 is 0 Å². The lowest BCUT2D eigenvalue weighted by atomic mass is 9.95. The van der Waals surface area contributed by atoms with Crippen LogP contribution < -0.4 is 5.32 Å². The number of halogens is 3. The first-order chi connectivity index (χ1) is 11.7. The Kier molecular flexibility index (Phi) is 6.45. The Morgan fingerprint density at radius 3 is 2.40 bits per heavy atom. The fourth-order valence-corrected chi connectivity index (χ4v) is 4.24. The van der Waals surface area contributed by atoms with Gasteiger partial charge in [0.15, 0.2) is 17.5 Å². The van der Waals surface area contributed by atoms with Gasteiger partial charge in [-0.2, -0.15) is 4.31 Å². The van der Waals surface area contributed by atoms with Gasteiger partial charge in [-0.25, -0.2) is 21.6 Å². The number of sulfonamides is 1. The molecule has 0 aliphatic heterocycles. The summed E-state index contributed by atoms with van der Waals surface area (Å²) in [4.78, 5) is 11.9. The fourth-order valence-electron chi connectivity index (χ4n) is 3.06. The maximum absolute atomic E-state index is 13.6. The van der Waals surface area contributed by atoms with Crippen molar-refractivity contribution in [3.63, 3.8) is 0 Å². The van der Waals surface area contributed by atoms with Gasteiger partial charge in [0, 0.05) is 19.1 Å². The standard InChI is InChI=1S/C16H21F3N2O3S/c1-25(23,24)21(11-5-3-2-4-6-11)10-9-20-16(22)12-7-8-13(17)15(19)14(12)18/h7-8,11H,2-6,9-10H2,1H3,(H,20,22). The molecule has 0 radical (unpaired) electrons. The monoisotopic (exact) mass is 378 g/mol. The maximum atomic E-state index is 13.6. The van der Waals surface area contributed by atoms with Gasteiger partial charge in [-0.3, -0.25) is 4.79 Å². The molecule has 0 heterocycles. The molecule has 0 spiro atoms. The first-order valence-corrected chi connectivity index (χ1v) is 9.95. The molecule has 1 fully saturated rings. The zero-order chi connectivity index (χ0) is 18.6. The van der Waals surface area contributed by atoms with Crippen molar-refractivity contribution < 1.29 is 26.4 Å². The van der Waals surface area contributed by atoms with Crippen LogP contribution >= 0.6 is 0 Å². The predicted octanol–water partition coefficient (Wildman–Crippen LogP) is 2.43. The number of nitrogens with zero attached hydrogens (tertiary/aromatic N) is 1. The average molecular weight is 378 g/mol. The van der Waals surface area contributed by atoms with E-state index in [2.05, 4.69) is 5.32 Å². The lowest BCUT2D eigenvalue weighted by Gasteiger charge is -2.32. The van der Waals surface area contributed by atoms with E-state index in [1.54, 1.807) is 0 Å². The number of hydrogen-bond donors (Lipinski definition) is 1. The highest BCUT2D eigenvalue weighted by atomic mass is 32.2. The second kappa shape index (κ2) is 8.18. The summed E-state index contributed by atoms with van der Waals surface area (Å²) in [5.41, 5.74) is -0.623. The third-order valence-electron chi connectivity index (χ3n) is 4.31. The molecule has 1 saturated carbocycles. The third kappa shape index (κ3) is 4.94. The second-order valence-electron chi connectivity index (χ2n) is 6.14. The van der Waals surface area contributed by atoms with Crippen LogP contribution in [0.3, 0.4) is 0 Å². The van der Waals surface area contributed by atoms with E-state index in [-0.39, 0.29) is 19.1 Å².